The lowest BCUT2D eigenvalue weighted by Crippen LogP contribution is -2.31. The zero-order valence-corrected chi connectivity index (χ0v) is 12.7. The highest BCUT2D eigenvalue weighted by molar-refractivity contribution is 5.76. The second-order valence-electron chi connectivity index (χ2n) is 5.41. The molecule has 0 saturated carbocycles. The van der Waals surface area contributed by atoms with E-state index in [1.165, 1.54) is 13.2 Å². The molecule has 1 heterocycles. The Kier molecular flexibility index (Phi) is 5.56. The van der Waals surface area contributed by atoms with E-state index in [4.69, 9.17) is 4.74 Å². The van der Waals surface area contributed by atoms with Gasteiger partial charge < -0.3 is 15.0 Å². The van der Waals surface area contributed by atoms with Gasteiger partial charge in [0.1, 0.15) is 0 Å². The van der Waals surface area contributed by atoms with Crippen LogP contribution in [0.5, 0.6) is 5.75 Å². The second kappa shape index (κ2) is 7.41. The molecule has 116 valence electrons. The van der Waals surface area contributed by atoms with Gasteiger partial charge in [-0.1, -0.05) is 6.07 Å². The highest BCUT2D eigenvalue weighted by atomic mass is 19.1. The number of halogens is 1. The first-order chi connectivity index (χ1) is 10.1. The van der Waals surface area contributed by atoms with Gasteiger partial charge in [-0.2, -0.15) is 0 Å². The van der Waals surface area contributed by atoms with Crippen LogP contribution in [0.1, 0.15) is 37.8 Å². The van der Waals surface area contributed by atoms with Crippen LogP contribution in [0.3, 0.4) is 0 Å². The number of carbonyl (C=O) groups excluding carboxylic acids is 1. The summed E-state index contributed by atoms with van der Waals surface area (Å²) >= 11 is 0. The van der Waals surface area contributed by atoms with E-state index in [0.717, 1.165) is 31.5 Å². The first-order valence-corrected chi connectivity index (χ1v) is 7.46. The van der Waals surface area contributed by atoms with Crippen molar-refractivity contribution in [3.05, 3.63) is 29.6 Å². The number of carbonyl (C=O) groups is 1. The standard InChI is InChI=1S/C16H23FN2O2/c1-12(13-5-6-15(21-2)14(17)11-13)18-8-7-16(20)19-9-3-4-10-19/h5-6,11-12,18H,3-4,7-10H2,1-2H3. The minimum atomic E-state index is -0.364. The number of ether oxygens (including phenoxy) is 1. The Hall–Kier alpha value is -1.62. The summed E-state index contributed by atoms with van der Waals surface area (Å²) in [6.45, 7) is 4.34. The van der Waals surface area contributed by atoms with Crippen molar-refractivity contribution in [1.82, 2.24) is 10.2 Å². The molecule has 0 bridgehead atoms. The molecule has 0 aromatic heterocycles. The van der Waals surface area contributed by atoms with Crippen LogP contribution in [0.25, 0.3) is 0 Å². The summed E-state index contributed by atoms with van der Waals surface area (Å²) in [5.41, 5.74) is 0.849. The molecule has 21 heavy (non-hydrogen) atoms. The van der Waals surface area contributed by atoms with Crippen molar-refractivity contribution in [3.63, 3.8) is 0 Å². The SMILES string of the molecule is COc1ccc(C(C)NCCC(=O)N2CCCC2)cc1F. The molecular weight excluding hydrogens is 271 g/mol. The second-order valence-corrected chi connectivity index (χ2v) is 5.41. The fraction of sp³-hybridized carbons (Fsp3) is 0.562. The lowest BCUT2D eigenvalue weighted by molar-refractivity contribution is -0.130. The van der Waals surface area contributed by atoms with Crippen LogP contribution in [-0.4, -0.2) is 37.6 Å². The molecule has 1 amide bonds. The van der Waals surface area contributed by atoms with E-state index in [2.05, 4.69) is 5.32 Å². The van der Waals surface area contributed by atoms with Crippen molar-refractivity contribution in [3.8, 4) is 5.75 Å². The molecule has 1 atom stereocenters. The Bertz CT molecular complexity index is 487. The summed E-state index contributed by atoms with van der Waals surface area (Å²) in [6, 6.07) is 4.93. The van der Waals surface area contributed by atoms with Gasteiger partial charge in [-0.05, 0) is 37.5 Å². The Balaban J connectivity index is 1.80. The summed E-state index contributed by atoms with van der Waals surface area (Å²) in [5, 5.41) is 3.26. The zero-order valence-electron chi connectivity index (χ0n) is 12.7. The van der Waals surface area contributed by atoms with Crippen LogP contribution >= 0.6 is 0 Å². The molecule has 0 radical (unpaired) electrons. The summed E-state index contributed by atoms with van der Waals surface area (Å²) < 4.78 is 18.6. The van der Waals surface area contributed by atoms with Gasteiger partial charge in [-0.25, -0.2) is 4.39 Å². The van der Waals surface area contributed by atoms with E-state index in [0.29, 0.717) is 13.0 Å². The van der Waals surface area contributed by atoms with Crippen molar-refractivity contribution >= 4 is 5.91 Å². The topological polar surface area (TPSA) is 41.6 Å². The molecule has 0 aliphatic carbocycles. The van der Waals surface area contributed by atoms with Crippen LogP contribution in [0.2, 0.25) is 0 Å². The molecule has 4 nitrogen and oxygen atoms in total. The molecular formula is C16H23FN2O2. The lowest BCUT2D eigenvalue weighted by Gasteiger charge is -2.18. The van der Waals surface area contributed by atoms with Crippen LogP contribution in [-0.2, 0) is 4.79 Å². The third-order valence-corrected chi connectivity index (χ3v) is 3.92. The molecule has 1 aliphatic rings. The van der Waals surface area contributed by atoms with Gasteiger partial charge in [0, 0.05) is 32.1 Å². The van der Waals surface area contributed by atoms with Gasteiger partial charge in [-0.3, -0.25) is 4.79 Å². The van der Waals surface area contributed by atoms with Crippen LogP contribution in [0.4, 0.5) is 4.39 Å². The molecule has 1 unspecified atom stereocenters. The van der Waals surface area contributed by atoms with Crippen molar-refractivity contribution in [1.29, 1.82) is 0 Å². The Labute approximate surface area is 125 Å². The molecule has 1 aliphatic heterocycles. The number of rotatable bonds is 6. The Morgan fingerprint density at radius 3 is 2.76 bits per heavy atom. The Morgan fingerprint density at radius 2 is 2.14 bits per heavy atom. The minimum absolute atomic E-state index is 0.00298. The first kappa shape index (κ1) is 15.8. The maximum atomic E-state index is 13.7. The monoisotopic (exact) mass is 294 g/mol. The van der Waals surface area contributed by atoms with Crippen LogP contribution < -0.4 is 10.1 Å². The predicted molar refractivity (Wildman–Crippen MR) is 79.8 cm³/mol. The highest BCUT2D eigenvalue weighted by Gasteiger charge is 2.17. The number of likely N-dealkylation sites (tertiary alicyclic amines) is 1. The number of hydrogen-bond donors (Lipinski definition) is 1. The Morgan fingerprint density at radius 1 is 1.43 bits per heavy atom. The summed E-state index contributed by atoms with van der Waals surface area (Å²) in [6.07, 6.45) is 2.71. The van der Waals surface area contributed by atoms with E-state index in [1.54, 1.807) is 6.07 Å². The van der Waals surface area contributed by atoms with Crippen LogP contribution in [0, 0.1) is 5.82 Å². The van der Waals surface area contributed by atoms with E-state index >= 15 is 0 Å². The summed E-state index contributed by atoms with van der Waals surface area (Å²) in [7, 11) is 1.45. The van der Waals surface area contributed by atoms with Gasteiger partial charge in [0.05, 0.1) is 7.11 Å². The summed E-state index contributed by atoms with van der Waals surface area (Å²) in [5.74, 6) is 0.0834. The largest absolute Gasteiger partial charge is 0.494 e. The molecule has 1 aromatic carbocycles. The van der Waals surface area contributed by atoms with Gasteiger partial charge >= 0.3 is 0 Å². The van der Waals surface area contributed by atoms with Crippen molar-refractivity contribution < 1.29 is 13.9 Å². The number of methoxy groups -OCH3 is 1. The average Bonchev–Trinajstić information content (AvgIpc) is 3.01. The smallest absolute Gasteiger partial charge is 0.223 e. The fourth-order valence-corrected chi connectivity index (χ4v) is 2.59. The van der Waals surface area contributed by atoms with Crippen molar-refractivity contribution in [2.45, 2.75) is 32.2 Å². The van der Waals surface area contributed by atoms with Crippen molar-refractivity contribution in [2.75, 3.05) is 26.7 Å². The molecule has 2 rings (SSSR count). The predicted octanol–water partition coefficient (Wildman–Crippen LogP) is 2.50. The van der Waals surface area contributed by atoms with Gasteiger partial charge in [0.25, 0.3) is 0 Å². The highest BCUT2D eigenvalue weighted by Crippen LogP contribution is 2.21. The van der Waals surface area contributed by atoms with E-state index in [9.17, 15) is 9.18 Å². The molecule has 5 heteroatoms. The molecule has 1 fully saturated rings. The maximum absolute atomic E-state index is 13.7. The number of benzene rings is 1. The number of nitrogens with zero attached hydrogens (tertiary/aromatic N) is 1. The zero-order chi connectivity index (χ0) is 15.2. The maximum Gasteiger partial charge on any atom is 0.223 e. The van der Waals surface area contributed by atoms with E-state index < -0.39 is 0 Å². The molecule has 1 saturated heterocycles. The normalized spacial score (nSPS) is 16.0. The number of nitrogens with one attached hydrogen (secondary N) is 1. The average molecular weight is 294 g/mol. The number of hydrogen-bond acceptors (Lipinski definition) is 3. The van der Waals surface area contributed by atoms with E-state index in [-0.39, 0.29) is 23.5 Å². The quantitative estimate of drug-likeness (QED) is 0.876. The number of amides is 1. The fourth-order valence-electron chi connectivity index (χ4n) is 2.59. The third-order valence-electron chi connectivity index (χ3n) is 3.92. The van der Waals surface area contributed by atoms with Crippen LogP contribution in [0.15, 0.2) is 18.2 Å². The molecule has 1 N–H and O–H groups in total. The molecule has 1 aromatic rings. The van der Waals surface area contributed by atoms with Crippen molar-refractivity contribution in [2.24, 2.45) is 0 Å². The first-order valence-electron chi connectivity index (χ1n) is 7.46. The minimum Gasteiger partial charge on any atom is -0.494 e. The molecule has 0 spiro atoms. The van der Waals surface area contributed by atoms with Gasteiger partial charge in [0.2, 0.25) is 5.91 Å². The lowest BCUT2D eigenvalue weighted by atomic mass is 10.1. The van der Waals surface area contributed by atoms with Gasteiger partial charge in [0.15, 0.2) is 11.6 Å². The van der Waals surface area contributed by atoms with Gasteiger partial charge in [-0.15, -0.1) is 0 Å². The third kappa shape index (κ3) is 4.17. The summed E-state index contributed by atoms with van der Waals surface area (Å²) in [4.78, 5) is 13.8. The van der Waals surface area contributed by atoms with E-state index in [1.807, 2.05) is 17.9 Å².